The first-order chi connectivity index (χ1) is 16.7. The molecule has 0 saturated carbocycles. The van der Waals surface area contributed by atoms with Crippen LogP contribution in [0.1, 0.15) is 24.0 Å². The number of nitrogens with zero attached hydrogens (tertiary/aromatic N) is 2. The number of ether oxygens (including phenoxy) is 2. The quantitative estimate of drug-likeness (QED) is 0.474. The molecule has 4 rings (SSSR count). The summed E-state index contributed by atoms with van der Waals surface area (Å²) in [4.78, 5) is 21.8. The molecular weight excluding hydrogens is 428 g/mol. The van der Waals surface area contributed by atoms with Crippen molar-refractivity contribution in [1.29, 1.82) is 0 Å². The molecule has 1 aliphatic heterocycles. The normalized spacial score (nSPS) is 13.9. The molecule has 0 aliphatic carbocycles. The molecule has 178 valence electrons. The van der Waals surface area contributed by atoms with E-state index in [-0.39, 0.29) is 5.92 Å². The summed E-state index contributed by atoms with van der Waals surface area (Å²) in [5, 5.41) is 6.62. The minimum absolute atomic E-state index is 0.172. The van der Waals surface area contributed by atoms with E-state index in [1.165, 1.54) is 0 Å². The van der Waals surface area contributed by atoms with Crippen molar-refractivity contribution in [2.45, 2.75) is 25.7 Å². The van der Waals surface area contributed by atoms with E-state index in [1.807, 2.05) is 42.5 Å². The molecule has 0 bridgehead atoms. The van der Waals surface area contributed by atoms with E-state index in [0.29, 0.717) is 24.7 Å². The van der Waals surface area contributed by atoms with Crippen molar-refractivity contribution in [1.82, 2.24) is 15.3 Å². The molecule has 0 spiro atoms. The molecule has 2 N–H and O–H groups in total. The van der Waals surface area contributed by atoms with Gasteiger partial charge in [-0.05, 0) is 67.7 Å². The first kappa shape index (κ1) is 23.7. The Kier molecular flexibility index (Phi) is 8.09. The van der Waals surface area contributed by atoms with Gasteiger partial charge >= 0.3 is 0 Å². The highest BCUT2D eigenvalue weighted by Gasteiger charge is 2.21. The summed E-state index contributed by atoms with van der Waals surface area (Å²) in [5.41, 5.74) is 3.98. The molecule has 0 unspecified atom stereocenters. The average molecular weight is 461 g/mol. The van der Waals surface area contributed by atoms with Gasteiger partial charge in [-0.1, -0.05) is 24.3 Å². The third-order valence-corrected chi connectivity index (χ3v) is 6.20. The predicted octanol–water partition coefficient (Wildman–Crippen LogP) is 3.93. The summed E-state index contributed by atoms with van der Waals surface area (Å²) < 4.78 is 10.7. The highest BCUT2D eigenvalue weighted by Crippen LogP contribution is 2.27. The maximum atomic E-state index is 12.7. The Morgan fingerprint density at radius 3 is 2.65 bits per heavy atom. The Balaban J connectivity index is 1.37. The smallest absolute Gasteiger partial charge is 0.223 e. The number of hydrogen-bond donors (Lipinski definition) is 2. The zero-order valence-electron chi connectivity index (χ0n) is 19.8. The molecular formula is C27H32N4O3. The number of aromatic nitrogens is 2. The third kappa shape index (κ3) is 6.11. The highest BCUT2D eigenvalue weighted by molar-refractivity contribution is 5.83. The molecule has 2 heterocycles. The van der Waals surface area contributed by atoms with Crippen LogP contribution in [0.5, 0.6) is 11.5 Å². The van der Waals surface area contributed by atoms with Gasteiger partial charge in [0.1, 0.15) is 5.78 Å². The topological polar surface area (TPSA) is 85.4 Å². The summed E-state index contributed by atoms with van der Waals surface area (Å²) in [6.07, 6.45) is 4.89. The first-order valence-electron chi connectivity index (χ1n) is 11.8. The lowest BCUT2D eigenvalue weighted by Crippen LogP contribution is -2.32. The highest BCUT2D eigenvalue weighted by atomic mass is 16.5. The van der Waals surface area contributed by atoms with Crippen molar-refractivity contribution >= 4 is 11.7 Å². The molecule has 34 heavy (non-hydrogen) atoms. The Morgan fingerprint density at radius 1 is 1.03 bits per heavy atom. The number of piperidine rings is 1. The largest absolute Gasteiger partial charge is 0.493 e. The summed E-state index contributed by atoms with van der Waals surface area (Å²) in [6.45, 7) is 2.54. The molecule has 2 aromatic carbocycles. The van der Waals surface area contributed by atoms with Gasteiger partial charge in [-0.25, -0.2) is 9.97 Å². The maximum absolute atomic E-state index is 12.7. The molecule has 0 radical (unpaired) electrons. The van der Waals surface area contributed by atoms with Crippen molar-refractivity contribution in [3.8, 4) is 22.8 Å². The number of anilines is 1. The van der Waals surface area contributed by atoms with Gasteiger partial charge in [0.2, 0.25) is 5.95 Å². The van der Waals surface area contributed by atoms with E-state index in [9.17, 15) is 4.79 Å². The van der Waals surface area contributed by atoms with E-state index in [0.717, 1.165) is 66.2 Å². The molecule has 1 fully saturated rings. The zero-order valence-corrected chi connectivity index (χ0v) is 19.8. The number of carbonyl (C=O) groups is 1. The lowest BCUT2D eigenvalue weighted by molar-refractivity contribution is -0.122. The zero-order chi connectivity index (χ0) is 23.8. The fourth-order valence-corrected chi connectivity index (χ4v) is 4.29. The van der Waals surface area contributed by atoms with Gasteiger partial charge < -0.3 is 20.1 Å². The minimum atomic E-state index is 0.172. The van der Waals surface area contributed by atoms with Crippen LogP contribution in [0.3, 0.4) is 0 Å². The van der Waals surface area contributed by atoms with E-state index < -0.39 is 0 Å². The molecule has 1 aromatic heterocycles. The van der Waals surface area contributed by atoms with Crippen LogP contribution in [0.2, 0.25) is 0 Å². The van der Waals surface area contributed by atoms with Gasteiger partial charge in [-0.2, -0.15) is 0 Å². The molecule has 1 saturated heterocycles. The van der Waals surface area contributed by atoms with Crippen molar-refractivity contribution in [2.75, 3.05) is 39.2 Å². The van der Waals surface area contributed by atoms with Crippen LogP contribution in [0.15, 0.2) is 54.7 Å². The van der Waals surface area contributed by atoms with Gasteiger partial charge in [0, 0.05) is 30.6 Å². The SMILES string of the molecule is COc1ccc(CCNc2nccc(-c3cccc(CC(=O)C4CCNCC4)c3)n2)cc1OC. The van der Waals surface area contributed by atoms with Crippen LogP contribution in [0, 0.1) is 5.92 Å². The summed E-state index contributed by atoms with van der Waals surface area (Å²) in [7, 11) is 3.27. The Morgan fingerprint density at radius 2 is 1.85 bits per heavy atom. The summed E-state index contributed by atoms with van der Waals surface area (Å²) in [6, 6.07) is 15.9. The molecule has 0 atom stereocenters. The predicted molar refractivity (Wildman–Crippen MR) is 134 cm³/mol. The van der Waals surface area contributed by atoms with Gasteiger partial charge in [0.15, 0.2) is 11.5 Å². The number of rotatable bonds is 10. The van der Waals surface area contributed by atoms with E-state index >= 15 is 0 Å². The second kappa shape index (κ2) is 11.6. The summed E-state index contributed by atoms with van der Waals surface area (Å²) >= 11 is 0. The molecule has 3 aromatic rings. The number of benzene rings is 2. The first-order valence-corrected chi connectivity index (χ1v) is 11.8. The Labute approximate surface area is 200 Å². The number of nitrogens with one attached hydrogen (secondary N) is 2. The van der Waals surface area contributed by atoms with Crippen LogP contribution >= 0.6 is 0 Å². The number of hydrogen-bond acceptors (Lipinski definition) is 7. The second-order valence-electron chi connectivity index (χ2n) is 8.50. The van der Waals surface area contributed by atoms with E-state index in [4.69, 9.17) is 9.47 Å². The molecule has 0 amide bonds. The fraction of sp³-hybridized carbons (Fsp3) is 0.370. The average Bonchev–Trinajstić information content (AvgIpc) is 2.89. The maximum Gasteiger partial charge on any atom is 0.223 e. The fourth-order valence-electron chi connectivity index (χ4n) is 4.29. The van der Waals surface area contributed by atoms with Gasteiger partial charge in [-0.15, -0.1) is 0 Å². The van der Waals surface area contributed by atoms with Crippen LogP contribution in [0.25, 0.3) is 11.3 Å². The standard InChI is InChI=1S/C27H32N4O3/c1-33-25-7-6-19(18-26(25)34-2)8-14-29-27-30-15-11-23(31-27)22-5-3-4-20(16-22)17-24(32)21-9-12-28-13-10-21/h3-7,11,15-16,18,21,28H,8-10,12-14,17H2,1-2H3,(H,29,30,31). The Bertz CT molecular complexity index is 1110. The lowest BCUT2D eigenvalue weighted by atomic mass is 9.90. The van der Waals surface area contributed by atoms with Crippen molar-refractivity contribution < 1.29 is 14.3 Å². The van der Waals surface area contributed by atoms with Crippen LogP contribution in [-0.2, 0) is 17.6 Å². The van der Waals surface area contributed by atoms with E-state index in [1.54, 1.807) is 20.4 Å². The van der Waals surface area contributed by atoms with Crippen molar-refractivity contribution in [3.05, 3.63) is 65.9 Å². The Hall–Kier alpha value is -3.45. The van der Waals surface area contributed by atoms with Gasteiger partial charge in [-0.3, -0.25) is 4.79 Å². The van der Waals surface area contributed by atoms with Gasteiger partial charge in [0.05, 0.1) is 19.9 Å². The van der Waals surface area contributed by atoms with Crippen LogP contribution in [0.4, 0.5) is 5.95 Å². The monoisotopic (exact) mass is 460 g/mol. The van der Waals surface area contributed by atoms with Crippen LogP contribution < -0.4 is 20.1 Å². The second-order valence-corrected chi connectivity index (χ2v) is 8.50. The third-order valence-electron chi connectivity index (χ3n) is 6.20. The number of ketones is 1. The van der Waals surface area contributed by atoms with Gasteiger partial charge in [0.25, 0.3) is 0 Å². The lowest BCUT2D eigenvalue weighted by Gasteiger charge is -2.21. The molecule has 7 heteroatoms. The number of methoxy groups -OCH3 is 2. The molecule has 1 aliphatic rings. The van der Waals surface area contributed by atoms with Crippen molar-refractivity contribution in [3.63, 3.8) is 0 Å². The van der Waals surface area contributed by atoms with Crippen LogP contribution in [-0.4, -0.2) is 49.6 Å². The van der Waals surface area contributed by atoms with Crippen molar-refractivity contribution in [2.24, 2.45) is 5.92 Å². The van der Waals surface area contributed by atoms with E-state index in [2.05, 4.69) is 26.7 Å². The number of carbonyl (C=O) groups excluding carboxylic acids is 1. The number of Topliss-reactive ketones (excluding diaryl/α,β-unsaturated/α-hetero) is 1. The molecule has 7 nitrogen and oxygen atoms in total. The minimum Gasteiger partial charge on any atom is -0.493 e. The summed E-state index contributed by atoms with van der Waals surface area (Å²) in [5.74, 6) is 2.52.